The maximum atomic E-state index is 13.2. The lowest BCUT2D eigenvalue weighted by atomic mass is 9.98. The standard InChI is InChI=1S/C19H29F2N.C11H15N/c1-16(14-22-12-10-19(21)15-22)13-18-8-6-17(7-9-18)5-3-2-4-11-20;1-9(2)12-8-11-6-4-10(3)5-7-11/h6-9,16,19H,2-5,10-15H2,1H3;4-7,12H,1,8H2,2-3H3/t16-,19?;/m0./s1. The van der Waals surface area contributed by atoms with Crippen LogP contribution in [0.2, 0.25) is 0 Å². The molecule has 0 aromatic heterocycles. The average molecular weight is 471 g/mol. The molecule has 1 unspecified atom stereocenters. The third-order valence-electron chi connectivity index (χ3n) is 6.21. The van der Waals surface area contributed by atoms with E-state index in [0.717, 1.165) is 51.0 Å². The Labute approximate surface area is 206 Å². The van der Waals surface area contributed by atoms with Crippen LogP contribution in [-0.2, 0) is 19.4 Å². The first-order chi connectivity index (χ1) is 16.4. The minimum absolute atomic E-state index is 0.197. The largest absolute Gasteiger partial charge is 0.385 e. The molecule has 0 spiro atoms. The average Bonchev–Trinajstić information content (AvgIpc) is 3.22. The lowest BCUT2D eigenvalue weighted by Crippen LogP contribution is -2.27. The van der Waals surface area contributed by atoms with Crippen molar-refractivity contribution in [3.63, 3.8) is 0 Å². The highest BCUT2D eigenvalue weighted by Gasteiger charge is 2.22. The van der Waals surface area contributed by atoms with Gasteiger partial charge >= 0.3 is 0 Å². The van der Waals surface area contributed by atoms with Crippen molar-refractivity contribution in [1.29, 1.82) is 0 Å². The molecule has 0 radical (unpaired) electrons. The zero-order chi connectivity index (χ0) is 24.8. The van der Waals surface area contributed by atoms with Gasteiger partial charge in [-0.2, -0.15) is 0 Å². The van der Waals surface area contributed by atoms with Crippen LogP contribution in [0.3, 0.4) is 0 Å². The van der Waals surface area contributed by atoms with E-state index in [9.17, 15) is 8.78 Å². The van der Waals surface area contributed by atoms with Gasteiger partial charge in [0.2, 0.25) is 0 Å². The quantitative estimate of drug-likeness (QED) is 0.330. The number of hydrogen-bond donors (Lipinski definition) is 1. The van der Waals surface area contributed by atoms with Gasteiger partial charge in [-0.05, 0) is 68.6 Å². The summed E-state index contributed by atoms with van der Waals surface area (Å²) in [6, 6.07) is 17.3. The van der Waals surface area contributed by atoms with Crippen molar-refractivity contribution in [2.45, 2.75) is 72.0 Å². The molecule has 1 heterocycles. The first-order valence-electron chi connectivity index (χ1n) is 12.8. The van der Waals surface area contributed by atoms with E-state index >= 15 is 0 Å². The van der Waals surface area contributed by atoms with Crippen molar-refractivity contribution < 1.29 is 8.78 Å². The Balaban J connectivity index is 0.000000287. The van der Waals surface area contributed by atoms with Crippen LogP contribution in [0.25, 0.3) is 0 Å². The van der Waals surface area contributed by atoms with E-state index in [-0.39, 0.29) is 6.67 Å². The van der Waals surface area contributed by atoms with Crippen LogP contribution in [0, 0.1) is 12.8 Å². The third-order valence-corrected chi connectivity index (χ3v) is 6.21. The molecule has 2 atom stereocenters. The predicted octanol–water partition coefficient (Wildman–Crippen LogP) is 7.21. The molecule has 0 saturated carbocycles. The van der Waals surface area contributed by atoms with Gasteiger partial charge < -0.3 is 10.2 Å². The van der Waals surface area contributed by atoms with Gasteiger partial charge in [0.25, 0.3) is 0 Å². The highest BCUT2D eigenvalue weighted by molar-refractivity contribution is 5.23. The fraction of sp³-hybridized carbons (Fsp3) is 0.533. The first kappa shape index (κ1) is 28.0. The van der Waals surface area contributed by atoms with E-state index in [1.165, 1.54) is 22.3 Å². The van der Waals surface area contributed by atoms with Crippen LogP contribution in [0.5, 0.6) is 0 Å². The summed E-state index contributed by atoms with van der Waals surface area (Å²) >= 11 is 0. The molecule has 0 bridgehead atoms. The van der Waals surface area contributed by atoms with Gasteiger partial charge in [-0.25, -0.2) is 4.39 Å². The molecule has 2 aromatic rings. The molecule has 2 nitrogen and oxygen atoms in total. The molecule has 1 saturated heterocycles. The van der Waals surface area contributed by atoms with Crippen molar-refractivity contribution >= 4 is 0 Å². The summed E-state index contributed by atoms with van der Waals surface area (Å²) < 4.78 is 25.2. The second kappa shape index (κ2) is 15.7. The summed E-state index contributed by atoms with van der Waals surface area (Å²) in [5, 5.41) is 3.19. The third kappa shape index (κ3) is 11.8. The maximum absolute atomic E-state index is 13.2. The van der Waals surface area contributed by atoms with Crippen LogP contribution in [0.4, 0.5) is 8.78 Å². The van der Waals surface area contributed by atoms with E-state index in [4.69, 9.17) is 0 Å². The van der Waals surface area contributed by atoms with E-state index < -0.39 is 6.17 Å². The number of nitrogens with one attached hydrogen (secondary N) is 1. The van der Waals surface area contributed by atoms with E-state index in [1.807, 2.05) is 6.92 Å². The maximum Gasteiger partial charge on any atom is 0.114 e. The van der Waals surface area contributed by atoms with Gasteiger partial charge in [-0.15, -0.1) is 0 Å². The summed E-state index contributed by atoms with van der Waals surface area (Å²) in [6.45, 7) is 13.3. The molecule has 188 valence electrons. The Morgan fingerprint density at radius 2 is 1.68 bits per heavy atom. The molecule has 1 N–H and O–H groups in total. The van der Waals surface area contributed by atoms with Gasteiger partial charge in [0.1, 0.15) is 6.17 Å². The number of allylic oxidation sites excluding steroid dienone is 1. The Morgan fingerprint density at radius 3 is 2.26 bits per heavy atom. The highest BCUT2D eigenvalue weighted by Crippen LogP contribution is 2.17. The first-order valence-corrected chi connectivity index (χ1v) is 12.8. The summed E-state index contributed by atoms with van der Waals surface area (Å²) in [5.74, 6) is 0.556. The molecule has 1 aliphatic heterocycles. The number of aryl methyl sites for hydroxylation is 2. The smallest absolute Gasteiger partial charge is 0.114 e. The molecule has 1 aliphatic rings. The Bertz CT molecular complexity index is 817. The van der Waals surface area contributed by atoms with E-state index in [0.29, 0.717) is 25.3 Å². The second-order valence-corrected chi connectivity index (χ2v) is 9.89. The highest BCUT2D eigenvalue weighted by atomic mass is 19.1. The molecular formula is C30H44F2N2. The molecule has 2 aromatic carbocycles. The minimum Gasteiger partial charge on any atom is -0.385 e. The predicted molar refractivity (Wildman–Crippen MR) is 142 cm³/mol. The van der Waals surface area contributed by atoms with Crippen LogP contribution < -0.4 is 5.32 Å². The van der Waals surface area contributed by atoms with Gasteiger partial charge in [-0.3, -0.25) is 4.39 Å². The Hall–Kier alpha value is -2.20. The molecule has 4 heteroatoms. The van der Waals surface area contributed by atoms with Crippen molar-refractivity contribution in [3.8, 4) is 0 Å². The lowest BCUT2D eigenvalue weighted by molar-refractivity contribution is 0.257. The van der Waals surface area contributed by atoms with Crippen molar-refractivity contribution in [2.75, 3.05) is 26.3 Å². The monoisotopic (exact) mass is 470 g/mol. The summed E-state index contributed by atoms with van der Waals surface area (Å²) in [7, 11) is 0. The lowest BCUT2D eigenvalue weighted by Gasteiger charge is -2.20. The van der Waals surface area contributed by atoms with Gasteiger partial charge in [0.15, 0.2) is 0 Å². The molecule has 1 fully saturated rings. The number of alkyl halides is 2. The SMILES string of the molecule is C=C(C)NCc1ccc(C)cc1.C[C@@H](Cc1ccc(CCCCCF)cc1)CN1CCC(F)C1. The molecule has 0 aliphatic carbocycles. The van der Waals surface area contributed by atoms with Crippen LogP contribution in [-0.4, -0.2) is 37.4 Å². The van der Waals surface area contributed by atoms with Crippen LogP contribution in [0.1, 0.15) is 61.8 Å². The summed E-state index contributed by atoms with van der Waals surface area (Å²) in [6.07, 6.45) is 4.90. The molecule has 3 rings (SSSR count). The minimum atomic E-state index is -0.621. The summed E-state index contributed by atoms with van der Waals surface area (Å²) in [4.78, 5) is 2.24. The van der Waals surface area contributed by atoms with Gasteiger partial charge in [-0.1, -0.05) is 74.0 Å². The normalized spacial score (nSPS) is 16.6. The number of nitrogens with zero attached hydrogens (tertiary/aromatic N) is 1. The Morgan fingerprint density at radius 1 is 1.03 bits per heavy atom. The fourth-order valence-electron chi connectivity index (χ4n) is 4.26. The van der Waals surface area contributed by atoms with Crippen molar-refractivity contribution in [3.05, 3.63) is 83.1 Å². The second-order valence-electron chi connectivity index (χ2n) is 9.89. The van der Waals surface area contributed by atoms with Crippen molar-refractivity contribution in [1.82, 2.24) is 10.2 Å². The van der Waals surface area contributed by atoms with E-state index in [1.54, 1.807) is 0 Å². The van der Waals surface area contributed by atoms with Crippen LogP contribution >= 0.6 is 0 Å². The topological polar surface area (TPSA) is 15.3 Å². The number of benzene rings is 2. The Kier molecular flexibility index (Phi) is 12.9. The number of likely N-dealkylation sites (tertiary alicyclic amines) is 1. The van der Waals surface area contributed by atoms with Crippen molar-refractivity contribution in [2.24, 2.45) is 5.92 Å². The number of hydrogen-bond acceptors (Lipinski definition) is 2. The summed E-state index contributed by atoms with van der Waals surface area (Å²) in [5.41, 5.74) is 6.30. The fourth-order valence-corrected chi connectivity index (χ4v) is 4.26. The van der Waals surface area contributed by atoms with E-state index in [2.05, 4.69) is 79.2 Å². The molecule has 34 heavy (non-hydrogen) atoms. The van der Waals surface area contributed by atoms with Crippen LogP contribution in [0.15, 0.2) is 60.8 Å². The van der Waals surface area contributed by atoms with Gasteiger partial charge in [0, 0.05) is 31.9 Å². The zero-order valence-electron chi connectivity index (χ0n) is 21.5. The van der Waals surface area contributed by atoms with Gasteiger partial charge in [0.05, 0.1) is 6.67 Å². The number of halogens is 2. The number of rotatable bonds is 12. The zero-order valence-corrected chi connectivity index (χ0v) is 21.5. The molecular weight excluding hydrogens is 426 g/mol. The number of unbranched alkanes of at least 4 members (excludes halogenated alkanes) is 2. The molecule has 0 amide bonds.